The summed E-state index contributed by atoms with van der Waals surface area (Å²) >= 11 is 0. The molecule has 0 fully saturated rings. The van der Waals surface area contributed by atoms with E-state index < -0.39 is 0 Å². The second kappa shape index (κ2) is 2.98. The Morgan fingerprint density at radius 1 is 1.27 bits per heavy atom. The van der Waals surface area contributed by atoms with Crippen molar-refractivity contribution in [3.63, 3.8) is 0 Å². The maximum atomic E-state index is 11.0. The van der Waals surface area contributed by atoms with Gasteiger partial charge in [0, 0.05) is 17.7 Å². The van der Waals surface area contributed by atoms with E-state index in [1.54, 1.807) is 12.3 Å². The van der Waals surface area contributed by atoms with Gasteiger partial charge < -0.3 is 9.47 Å². The molecule has 0 aromatic heterocycles. The maximum absolute atomic E-state index is 11.0. The zero-order valence-corrected chi connectivity index (χ0v) is 7.84. The number of esters is 1. The molecule has 1 aliphatic carbocycles. The van der Waals surface area contributed by atoms with Crippen molar-refractivity contribution in [3.8, 4) is 0 Å². The Hall–Kier alpha value is -2.03. The third kappa shape index (κ3) is 1.32. The van der Waals surface area contributed by atoms with Gasteiger partial charge in [0.2, 0.25) is 0 Å². The van der Waals surface area contributed by atoms with Crippen molar-refractivity contribution < 1.29 is 14.3 Å². The largest absolute Gasteiger partial charge is 0.465 e. The molecule has 0 spiro atoms. The third-order valence-electron chi connectivity index (χ3n) is 2.44. The summed E-state index contributed by atoms with van der Waals surface area (Å²) in [6.07, 6.45) is 12.1. The first-order chi connectivity index (χ1) is 7.33. The monoisotopic (exact) mass is 200 g/mol. The molecule has 0 amide bonds. The number of carbonyl (C=O) groups is 1. The zero-order valence-electron chi connectivity index (χ0n) is 7.84. The van der Waals surface area contributed by atoms with Crippen LogP contribution in [0.3, 0.4) is 0 Å². The van der Waals surface area contributed by atoms with Crippen LogP contribution in [0.15, 0.2) is 59.6 Å². The fourth-order valence-corrected chi connectivity index (χ4v) is 1.73. The maximum Gasteiger partial charge on any atom is 0.331 e. The van der Waals surface area contributed by atoms with Crippen LogP contribution in [0.4, 0.5) is 0 Å². The van der Waals surface area contributed by atoms with E-state index in [0.717, 1.165) is 16.9 Å². The van der Waals surface area contributed by atoms with Gasteiger partial charge in [-0.05, 0) is 29.9 Å². The summed E-state index contributed by atoms with van der Waals surface area (Å²) in [7, 11) is 0. The highest BCUT2D eigenvalue weighted by Gasteiger charge is 2.25. The molecule has 15 heavy (non-hydrogen) atoms. The summed E-state index contributed by atoms with van der Waals surface area (Å²) in [6, 6.07) is 0. The van der Waals surface area contributed by atoms with Crippen molar-refractivity contribution >= 4 is 5.97 Å². The molecule has 0 N–H and O–H groups in total. The number of rotatable bonds is 0. The quantitative estimate of drug-likeness (QED) is 0.559. The lowest BCUT2D eigenvalue weighted by molar-refractivity contribution is -0.140. The number of carbonyl (C=O) groups excluding carboxylic acids is 1. The van der Waals surface area contributed by atoms with Crippen molar-refractivity contribution in [2.24, 2.45) is 0 Å². The van der Waals surface area contributed by atoms with E-state index in [-0.39, 0.29) is 12.1 Å². The highest BCUT2D eigenvalue weighted by molar-refractivity contribution is 5.85. The van der Waals surface area contributed by atoms with Crippen LogP contribution in [0.2, 0.25) is 0 Å². The molecule has 0 saturated heterocycles. The molecule has 1 atom stereocenters. The minimum atomic E-state index is -0.312. The van der Waals surface area contributed by atoms with Crippen LogP contribution in [0.25, 0.3) is 0 Å². The lowest BCUT2D eigenvalue weighted by Gasteiger charge is -2.25. The number of fused-ring (bicyclic) bond motifs is 2. The number of ether oxygens (including phenoxy) is 2. The Morgan fingerprint density at radius 2 is 2.20 bits per heavy atom. The van der Waals surface area contributed by atoms with Crippen molar-refractivity contribution in [1.29, 1.82) is 0 Å². The van der Waals surface area contributed by atoms with Crippen molar-refractivity contribution in [2.45, 2.75) is 6.10 Å². The minimum Gasteiger partial charge on any atom is -0.465 e. The molecule has 0 aromatic rings. The second-order valence-corrected chi connectivity index (χ2v) is 3.43. The Labute approximate surface area is 86.7 Å². The average Bonchev–Trinajstić information content (AvgIpc) is 2.26. The molecule has 0 aromatic carbocycles. The summed E-state index contributed by atoms with van der Waals surface area (Å²) in [5.41, 5.74) is 1.98. The van der Waals surface area contributed by atoms with Gasteiger partial charge in [-0.25, -0.2) is 4.79 Å². The summed E-state index contributed by atoms with van der Waals surface area (Å²) < 4.78 is 10.5. The van der Waals surface area contributed by atoms with Crippen molar-refractivity contribution in [1.82, 2.24) is 0 Å². The summed E-state index contributed by atoms with van der Waals surface area (Å²) in [6.45, 7) is 0. The zero-order chi connectivity index (χ0) is 10.3. The van der Waals surface area contributed by atoms with Gasteiger partial charge in [-0.15, -0.1) is 0 Å². The van der Waals surface area contributed by atoms with Crippen LogP contribution >= 0.6 is 0 Å². The normalized spacial score (nSPS) is 26.5. The summed E-state index contributed by atoms with van der Waals surface area (Å²) in [5.74, 6) is 0.433. The van der Waals surface area contributed by atoms with Gasteiger partial charge in [0.15, 0.2) is 0 Å². The molecule has 2 aliphatic heterocycles. The van der Waals surface area contributed by atoms with Gasteiger partial charge in [0.1, 0.15) is 11.9 Å². The van der Waals surface area contributed by atoms with E-state index in [9.17, 15) is 4.79 Å². The number of allylic oxidation sites excluding steroid dienone is 3. The molecule has 3 heteroatoms. The Bertz CT molecular complexity index is 475. The summed E-state index contributed by atoms with van der Waals surface area (Å²) in [4.78, 5) is 11.0. The lowest BCUT2D eigenvalue weighted by Crippen LogP contribution is -2.23. The van der Waals surface area contributed by atoms with Gasteiger partial charge >= 0.3 is 5.97 Å². The smallest absolute Gasteiger partial charge is 0.331 e. The fraction of sp³-hybridized carbons (Fsp3) is 0.0833. The minimum absolute atomic E-state index is 0.304. The van der Waals surface area contributed by atoms with Crippen LogP contribution in [-0.4, -0.2) is 12.1 Å². The van der Waals surface area contributed by atoms with E-state index in [4.69, 9.17) is 9.47 Å². The van der Waals surface area contributed by atoms with Crippen LogP contribution in [0.5, 0.6) is 0 Å². The fourth-order valence-electron chi connectivity index (χ4n) is 1.73. The Balaban J connectivity index is 2.05. The number of hydrogen-bond donors (Lipinski definition) is 0. The molecule has 0 saturated carbocycles. The molecule has 3 aliphatic rings. The molecule has 0 radical (unpaired) electrons. The molecule has 1 unspecified atom stereocenters. The predicted octanol–water partition coefficient (Wildman–Crippen LogP) is 1.76. The van der Waals surface area contributed by atoms with Crippen LogP contribution in [0.1, 0.15) is 0 Å². The average molecular weight is 200 g/mol. The first kappa shape index (κ1) is 8.29. The van der Waals surface area contributed by atoms with E-state index in [1.807, 2.05) is 24.3 Å². The van der Waals surface area contributed by atoms with Gasteiger partial charge in [0.25, 0.3) is 0 Å². The Kier molecular flexibility index (Phi) is 1.65. The molecule has 3 rings (SSSR count). The van der Waals surface area contributed by atoms with E-state index >= 15 is 0 Å². The molecular weight excluding hydrogens is 192 g/mol. The SMILES string of the molecule is O=C1C=CC2=CC3=CC=COC3=CC2O1. The highest BCUT2D eigenvalue weighted by atomic mass is 16.5. The van der Waals surface area contributed by atoms with Crippen LogP contribution in [0, 0.1) is 0 Å². The second-order valence-electron chi connectivity index (χ2n) is 3.43. The third-order valence-corrected chi connectivity index (χ3v) is 2.44. The van der Waals surface area contributed by atoms with Crippen LogP contribution < -0.4 is 0 Å². The molecule has 0 bridgehead atoms. The van der Waals surface area contributed by atoms with Crippen molar-refractivity contribution in [2.75, 3.05) is 0 Å². The van der Waals surface area contributed by atoms with Gasteiger partial charge in [0.05, 0.1) is 6.26 Å². The first-order valence-corrected chi connectivity index (χ1v) is 4.69. The molecule has 74 valence electrons. The lowest BCUT2D eigenvalue weighted by atomic mass is 9.95. The van der Waals surface area contributed by atoms with E-state index in [1.165, 1.54) is 6.08 Å². The first-order valence-electron chi connectivity index (χ1n) is 4.69. The summed E-state index contributed by atoms with van der Waals surface area (Å²) in [5, 5.41) is 0. The number of hydrogen-bond acceptors (Lipinski definition) is 3. The van der Waals surface area contributed by atoms with Crippen LogP contribution in [-0.2, 0) is 14.3 Å². The van der Waals surface area contributed by atoms with E-state index in [2.05, 4.69) is 0 Å². The van der Waals surface area contributed by atoms with Crippen molar-refractivity contribution in [3.05, 3.63) is 59.6 Å². The van der Waals surface area contributed by atoms with Gasteiger partial charge in [-0.1, -0.05) is 0 Å². The van der Waals surface area contributed by atoms with Gasteiger partial charge in [-0.2, -0.15) is 0 Å². The van der Waals surface area contributed by atoms with E-state index in [0.29, 0.717) is 0 Å². The predicted molar refractivity (Wildman–Crippen MR) is 53.5 cm³/mol. The van der Waals surface area contributed by atoms with Gasteiger partial charge in [-0.3, -0.25) is 0 Å². The highest BCUT2D eigenvalue weighted by Crippen LogP contribution is 2.30. The molecule has 2 heterocycles. The molecular formula is C12H8O3. The topological polar surface area (TPSA) is 35.5 Å². The standard InChI is InChI=1S/C12H8O3/c13-12-4-3-9-6-8-2-1-5-14-10(8)7-11(9)15-12/h1-7,11H. The Morgan fingerprint density at radius 3 is 3.13 bits per heavy atom. The molecule has 3 nitrogen and oxygen atoms in total.